The maximum Gasteiger partial charge on any atom is 0.256 e. The van der Waals surface area contributed by atoms with Crippen LogP contribution in [0.5, 0.6) is 0 Å². The molecule has 0 aliphatic rings. The fraction of sp³-hybridized carbons (Fsp3) is 0. The van der Waals surface area contributed by atoms with Crippen molar-refractivity contribution in [2.45, 2.75) is 0 Å². The van der Waals surface area contributed by atoms with E-state index in [1.165, 1.54) is 11.3 Å². The van der Waals surface area contributed by atoms with Gasteiger partial charge in [0.2, 0.25) is 0 Å². The van der Waals surface area contributed by atoms with E-state index in [-0.39, 0.29) is 5.91 Å². The van der Waals surface area contributed by atoms with Gasteiger partial charge in [0.1, 0.15) is 0 Å². The highest BCUT2D eigenvalue weighted by molar-refractivity contribution is 9.11. The van der Waals surface area contributed by atoms with Crippen molar-refractivity contribution < 1.29 is 4.79 Å². The van der Waals surface area contributed by atoms with Crippen molar-refractivity contribution in [1.82, 2.24) is 4.98 Å². The van der Waals surface area contributed by atoms with Gasteiger partial charge in [-0.05, 0) is 50.1 Å². The highest BCUT2D eigenvalue weighted by atomic mass is 79.9. The van der Waals surface area contributed by atoms with Crippen molar-refractivity contribution in [1.29, 1.82) is 0 Å². The molecule has 1 N–H and O–H groups in total. The summed E-state index contributed by atoms with van der Waals surface area (Å²) in [5, 5.41) is 5.69. The number of anilines is 1. The van der Waals surface area contributed by atoms with Gasteiger partial charge < -0.3 is 5.32 Å². The number of rotatable bonds is 2. The van der Waals surface area contributed by atoms with E-state index in [1.807, 2.05) is 29.6 Å². The van der Waals surface area contributed by atoms with Gasteiger partial charge in [-0.25, -0.2) is 0 Å². The summed E-state index contributed by atoms with van der Waals surface area (Å²) >= 11 is 8.23. The lowest BCUT2D eigenvalue weighted by Crippen LogP contribution is -2.11. The maximum atomic E-state index is 12.2. The Hall–Kier alpha value is -1.24. The largest absolute Gasteiger partial charge is 0.320 e. The maximum absolute atomic E-state index is 12.2. The third-order valence-corrected chi connectivity index (χ3v) is 4.69. The van der Waals surface area contributed by atoms with Gasteiger partial charge in [-0.1, -0.05) is 12.1 Å². The third kappa shape index (κ3) is 2.77. The number of nitrogens with one attached hydrogen (secondary N) is 1. The molecule has 0 aliphatic carbocycles. The Morgan fingerprint density at radius 1 is 1.25 bits per heavy atom. The predicted molar refractivity (Wildman–Crippen MR) is 89.4 cm³/mol. The van der Waals surface area contributed by atoms with Crippen LogP contribution in [0.4, 0.5) is 5.69 Å². The fourth-order valence-electron chi connectivity index (χ4n) is 1.86. The number of halogens is 2. The molecule has 3 nitrogen and oxygen atoms in total. The van der Waals surface area contributed by atoms with Crippen molar-refractivity contribution >= 4 is 65.7 Å². The van der Waals surface area contributed by atoms with Gasteiger partial charge >= 0.3 is 0 Å². The Labute approximate surface area is 136 Å². The normalized spacial score (nSPS) is 10.7. The van der Waals surface area contributed by atoms with Crippen LogP contribution in [-0.4, -0.2) is 10.9 Å². The summed E-state index contributed by atoms with van der Waals surface area (Å²) in [6.07, 6.45) is 1.72. The highest BCUT2D eigenvalue weighted by Gasteiger charge is 2.10. The molecule has 2 aromatic heterocycles. The summed E-state index contributed by atoms with van der Waals surface area (Å²) in [6, 6.07) is 9.48. The van der Waals surface area contributed by atoms with Crippen LogP contribution >= 0.6 is 43.2 Å². The minimum atomic E-state index is -0.135. The van der Waals surface area contributed by atoms with Gasteiger partial charge in [-0.3, -0.25) is 9.78 Å². The predicted octanol–water partition coefficient (Wildman–Crippen LogP) is 5.07. The summed E-state index contributed by atoms with van der Waals surface area (Å²) in [5.74, 6) is -0.135. The van der Waals surface area contributed by atoms with E-state index >= 15 is 0 Å². The molecule has 0 saturated carbocycles. The molecule has 0 radical (unpaired) electrons. The van der Waals surface area contributed by atoms with Crippen LogP contribution in [0, 0.1) is 0 Å². The number of hydrogen-bond donors (Lipinski definition) is 1. The van der Waals surface area contributed by atoms with E-state index in [9.17, 15) is 4.79 Å². The SMILES string of the molecule is O=C(Nc1cccc2cc(Br)cnc12)c1csc(Br)c1. The van der Waals surface area contributed by atoms with Crippen LogP contribution in [-0.2, 0) is 0 Å². The number of fused-ring (bicyclic) bond motifs is 1. The standard InChI is InChI=1S/C14H8Br2N2OS/c15-10-4-8-2-1-3-11(13(8)17-6-10)18-14(19)9-5-12(16)20-7-9/h1-7H,(H,18,19). The zero-order valence-corrected chi connectivity index (χ0v) is 14.0. The Morgan fingerprint density at radius 2 is 2.10 bits per heavy atom. The second kappa shape index (κ2) is 5.63. The van der Waals surface area contributed by atoms with Crippen molar-refractivity contribution in [2.75, 3.05) is 5.32 Å². The lowest BCUT2D eigenvalue weighted by molar-refractivity contribution is 0.102. The van der Waals surface area contributed by atoms with Gasteiger partial charge in [0.15, 0.2) is 0 Å². The molecular formula is C14H8Br2N2OS. The molecule has 0 spiro atoms. The molecule has 0 fully saturated rings. The lowest BCUT2D eigenvalue weighted by Gasteiger charge is -2.07. The zero-order chi connectivity index (χ0) is 14.1. The highest BCUT2D eigenvalue weighted by Crippen LogP contribution is 2.26. The number of nitrogens with zero attached hydrogens (tertiary/aromatic N) is 1. The summed E-state index contributed by atoms with van der Waals surface area (Å²) in [7, 11) is 0. The van der Waals surface area contributed by atoms with Crippen molar-refractivity contribution in [2.24, 2.45) is 0 Å². The molecule has 0 saturated heterocycles. The van der Waals surface area contributed by atoms with E-state index in [2.05, 4.69) is 42.2 Å². The topological polar surface area (TPSA) is 42.0 Å². The minimum Gasteiger partial charge on any atom is -0.320 e. The van der Waals surface area contributed by atoms with Gasteiger partial charge in [0, 0.05) is 21.4 Å². The fourth-order valence-corrected chi connectivity index (χ4v) is 3.34. The Kier molecular flexibility index (Phi) is 3.87. The van der Waals surface area contributed by atoms with E-state index in [0.29, 0.717) is 11.3 Å². The molecule has 0 aliphatic heterocycles. The van der Waals surface area contributed by atoms with Crippen LogP contribution in [0.1, 0.15) is 10.4 Å². The average Bonchev–Trinajstić information content (AvgIpc) is 2.85. The summed E-state index contributed by atoms with van der Waals surface area (Å²) in [6.45, 7) is 0. The van der Waals surface area contributed by atoms with Crippen LogP contribution < -0.4 is 5.32 Å². The number of aromatic nitrogens is 1. The number of carbonyl (C=O) groups is 1. The van der Waals surface area contributed by atoms with Crippen molar-refractivity contribution in [3.63, 3.8) is 0 Å². The zero-order valence-electron chi connectivity index (χ0n) is 10.1. The molecule has 100 valence electrons. The quantitative estimate of drug-likeness (QED) is 0.639. The van der Waals surface area contributed by atoms with Crippen molar-refractivity contribution in [3.8, 4) is 0 Å². The van der Waals surface area contributed by atoms with E-state index in [1.54, 1.807) is 12.3 Å². The first kappa shape index (κ1) is 13.7. The Bertz CT molecular complexity index is 801. The average molecular weight is 412 g/mol. The molecule has 2 heterocycles. The minimum absolute atomic E-state index is 0.135. The molecule has 20 heavy (non-hydrogen) atoms. The van der Waals surface area contributed by atoms with Gasteiger partial charge in [-0.2, -0.15) is 0 Å². The molecule has 1 aromatic carbocycles. The van der Waals surface area contributed by atoms with E-state index < -0.39 is 0 Å². The van der Waals surface area contributed by atoms with Crippen LogP contribution in [0.2, 0.25) is 0 Å². The number of pyridine rings is 1. The molecule has 3 aromatic rings. The first-order valence-corrected chi connectivity index (χ1v) is 8.20. The van der Waals surface area contributed by atoms with Crippen LogP contribution in [0.15, 0.2) is 50.2 Å². The summed E-state index contributed by atoms with van der Waals surface area (Å²) in [4.78, 5) is 16.5. The number of thiophene rings is 1. The number of carbonyl (C=O) groups excluding carboxylic acids is 1. The molecule has 6 heteroatoms. The van der Waals surface area contributed by atoms with Gasteiger partial charge in [0.25, 0.3) is 5.91 Å². The summed E-state index contributed by atoms with van der Waals surface area (Å²) < 4.78 is 1.85. The number of benzene rings is 1. The van der Waals surface area contributed by atoms with Gasteiger partial charge in [0.05, 0.1) is 20.6 Å². The first-order chi connectivity index (χ1) is 9.63. The third-order valence-electron chi connectivity index (χ3n) is 2.76. The Morgan fingerprint density at radius 3 is 2.85 bits per heavy atom. The molecular weight excluding hydrogens is 404 g/mol. The smallest absolute Gasteiger partial charge is 0.256 e. The van der Waals surface area contributed by atoms with E-state index in [4.69, 9.17) is 0 Å². The first-order valence-electron chi connectivity index (χ1n) is 5.73. The van der Waals surface area contributed by atoms with Crippen LogP contribution in [0.25, 0.3) is 10.9 Å². The lowest BCUT2D eigenvalue weighted by atomic mass is 10.2. The molecule has 0 unspecified atom stereocenters. The number of hydrogen-bond acceptors (Lipinski definition) is 3. The molecule has 0 atom stereocenters. The second-order valence-corrected chi connectivity index (χ2v) is 7.33. The molecule has 0 bridgehead atoms. The number of para-hydroxylation sites is 1. The van der Waals surface area contributed by atoms with Crippen LogP contribution in [0.3, 0.4) is 0 Å². The van der Waals surface area contributed by atoms with E-state index in [0.717, 1.165) is 19.2 Å². The monoisotopic (exact) mass is 410 g/mol. The summed E-state index contributed by atoms with van der Waals surface area (Å²) in [5.41, 5.74) is 2.12. The number of amides is 1. The molecule has 3 rings (SSSR count). The van der Waals surface area contributed by atoms with Crippen molar-refractivity contribution in [3.05, 3.63) is 55.7 Å². The molecule has 1 amide bonds. The Balaban J connectivity index is 1.97. The second-order valence-electron chi connectivity index (χ2n) is 4.12. The van der Waals surface area contributed by atoms with Gasteiger partial charge in [-0.15, -0.1) is 11.3 Å².